The van der Waals surface area contributed by atoms with Crippen LogP contribution >= 0.6 is 0 Å². The highest BCUT2D eigenvalue weighted by Crippen LogP contribution is 2.29. The Hall–Kier alpha value is -1.09. The average molecular weight is 222 g/mol. The van der Waals surface area contributed by atoms with Crippen LogP contribution in [0, 0.1) is 5.82 Å². The smallest absolute Gasteiger partial charge is 0.150 e. The second-order valence-corrected chi connectivity index (χ2v) is 4.52. The summed E-state index contributed by atoms with van der Waals surface area (Å²) in [4.78, 5) is 2.36. The maximum atomic E-state index is 13.7. The summed E-state index contributed by atoms with van der Waals surface area (Å²) in [5.74, 6) is -0.246. The standard InChI is InChI=1S/C13H19FN2/c1-2-8-16(11-6-7-11)9-10-4-3-5-12(15)13(10)14/h3-5,11H,2,6-9,15H2,1H3. The third kappa shape index (κ3) is 2.53. The fourth-order valence-electron chi connectivity index (χ4n) is 2.06. The van der Waals surface area contributed by atoms with Crippen LogP contribution in [0.4, 0.5) is 10.1 Å². The Kier molecular flexibility index (Phi) is 3.44. The second kappa shape index (κ2) is 4.83. The minimum absolute atomic E-state index is 0.246. The zero-order chi connectivity index (χ0) is 11.5. The lowest BCUT2D eigenvalue weighted by molar-refractivity contribution is 0.252. The van der Waals surface area contributed by atoms with Crippen LogP contribution in [0.2, 0.25) is 0 Å². The predicted octanol–water partition coefficient (Wildman–Crippen LogP) is 2.78. The molecule has 0 bridgehead atoms. The Morgan fingerprint density at radius 1 is 1.44 bits per heavy atom. The van der Waals surface area contributed by atoms with Crippen LogP contribution in [0.5, 0.6) is 0 Å². The van der Waals surface area contributed by atoms with Crippen LogP contribution in [-0.4, -0.2) is 17.5 Å². The predicted molar refractivity (Wildman–Crippen MR) is 64.5 cm³/mol. The third-order valence-corrected chi connectivity index (χ3v) is 3.06. The molecule has 1 fully saturated rings. The molecule has 2 nitrogen and oxygen atoms in total. The Morgan fingerprint density at radius 3 is 2.81 bits per heavy atom. The molecule has 0 spiro atoms. The summed E-state index contributed by atoms with van der Waals surface area (Å²) < 4.78 is 13.7. The van der Waals surface area contributed by atoms with Gasteiger partial charge in [0, 0.05) is 18.2 Å². The van der Waals surface area contributed by atoms with E-state index in [1.807, 2.05) is 12.1 Å². The topological polar surface area (TPSA) is 29.3 Å². The van der Waals surface area contributed by atoms with Crippen molar-refractivity contribution in [2.75, 3.05) is 12.3 Å². The number of nitrogen functional groups attached to an aromatic ring is 1. The number of halogens is 1. The van der Waals surface area contributed by atoms with Gasteiger partial charge in [-0.05, 0) is 31.9 Å². The zero-order valence-electron chi connectivity index (χ0n) is 9.75. The molecule has 2 rings (SSSR count). The number of hydrogen-bond acceptors (Lipinski definition) is 2. The highest BCUT2D eigenvalue weighted by molar-refractivity contribution is 5.42. The molecule has 0 saturated heterocycles. The number of rotatable bonds is 5. The van der Waals surface area contributed by atoms with Crippen molar-refractivity contribution in [3.05, 3.63) is 29.6 Å². The first-order valence-electron chi connectivity index (χ1n) is 5.99. The average Bonchev–Trinajstić information content (AvgIpc) is 3.07. The van der Waals surface area contributed by atoms with Crippen LogP contribution in [0.15, 0.2) is 18.2 Å². The molecule has 0 heterocycles. The molecule has 88 valence electrons. The minimum Gasteiger partial charge on any atom is -0.396 e. The Morgan fingerprint density at radius 2 is 2.19 bits per heavy atom. The number of nitrogens with zero attached hydrogens (tertiary/aromatic N) is 1. The van der Waals surface area contributed by atoms with Crippen LogP contribution in [-0.2, 0) is 6.54 Å². The molecule has 0 radical (unpaired) electrons. The normalized spacial score (nSPS) is 15.7. The molecule has 16 heavy (non-hydrogen) atoms. The number of hydrogen-bond donors (Lipinski definition) is 1. The van der Waals surface area contributed by atoms with Crippen molar-refractivity contribution in [3.8, 4) is 0 Å². The Labute approximate surface area is 96.2 Å². The van der Waals surface area contributed by atoms with E-state index in [1.54, 1.807) is 6.07 Å². The van der Waals surface area contributed by atoms with Crippen molar-refractivity contribution in [2.45, 2.75) is 38.8 Å². The van der Waals surface area contributed by atoms with Gasteiger partial charge in [0.25, 0.3) is 0 Å². The first kappa shape index (κ1) is 11.4. The molecular formula is C13H19FN2. The molecule has 1 saturated carbocycles. The molecule has 0 atom stereocenters. The fourth-order valence-corrected chi connectivity index (χ4v) is 2.06. The van der Waals surface area contributed by atoms with Gasteiger partial charge < -0.3 is 5.73 Å². The number of benzene rings is 1. The lowest BCUT2D eigenvalue weighted by Gasteiger charge is -2.21. The summed E-state index contributed by atoms with van der Waals surface area (Å²) >= 11 is 0. The van der Waals surface area contributed by atoms with Gasteiger partial charge >= 0.3 is 0 Å². The van der Waals surface area contributed by atoms with Gasteiger partial charge in [-0.1, -0.05) is 19.1 Å². The maximum Gasteiger partial charge on any atom is 0.150 e. The van der Waals surface area contributed by atoms with Crippen molar-refractivity contribution in [1.29, 1.82) is 0 Å². The van der Waals surface area contributed by atoms with Crippen LogP contribution in [0.3, 0.4) is 0 Å². The van der Waals surface area contributed by atoms with Gasteiger partial charge in [0.2, 0.25) is 0 Å². The summed E-state index contributed by atoms with van der Waals surface area (Å²) in [5.41, 5.74) is 6.55. The zero-order valence-corrected chi connectivity index (χ0v) is 9.75. The van der Waals surface area contributed by atoms with Gasteiger partial charge in [0.05, 0.1) is 5.69 Å². The van der Waals surface area contributed by atoms with E-state index in [0.29, 0.717) is 12.6 Å². The molecule has 1 aromatic rings. The van der Waals surface area contributed by atoms with E-state index >= 15 is 0 Å². The van der Waals surface area contributed by atoms with E-state index in [-0.39, 0.29) is 11.5 Å². The van der Waals surface area contributed by atoms with E-state index in [4.69, 9.17) is 5.73 Å². The van der Waals surface area contributed by atoms with E-state index < -0.39 is 0 Å². The molecule has 0 aromatic heterocycles. The maximum absolute atomic E-state index is 13.7. The monoisotopic (exact) mass is 222 g/mol. The van der Waals surface area contributed by atoms with E-state index in [0.717, 1.165) is 18.5 Å². The van der Waals surface area contributed by atoms with E-state index in [1.165, 1.54) is 12.8 Å². The summed E-state index contributed by atoms with van der Waals surface area (Å²) in [6.45, 7) is 3.89. The van der Waals surface area contributed by atoms with Crippen LogP contribution < -0.4 is 5.73 Å². The van der Waals surface area contributed by atoms with Crippen molar-refractivity contribution < 1.29 is 4.39 Å². The fraction of sp³-hybridized carbons (Fsp3) is 0.538. The highest BCUT2D eigenvalue weighted by atomic mass is 19.1. The van der Waals surface area contributed by atoms with Gasteiger partial charge in [0.1, 0.15) is 0 Å². The van der Waals surface area contributed by atoms with Gasteiger partial charge in [-0.25, -0.2) is 4.39 Å². The number of nitrogens with two attached hydrogens (primary N) is 1. The Balaban J connectivity index is 2.08. The van der Waals surface area contributed by atoms with Gasteiger partial charge in [-0.2, -0.15) is 0 Å². The molecule has 0 unspecified atom stereocenters. The third-order valence-electron chi connectivity index (χ3n) is 3.06. The lowest BCUT2D eigenvalue weighted by Crippen LogP contribution is -2.26. The quantitative estimate of drug-likeness (QED) is 0.776. The molecule has 0 aliphatic heterocycles. The van der Waals surface area contributed by atoms with E-state index in [2.05, 4.69) is 11.8 Å². The van der Waals surface area contributed by atoms with Crippen molar-refractivity contribution >= 4 is 5.69 Å². The first-order chi connectivity index (χ1) is 7.72. The van der Waals surface area contributed by atoms with E-state index in [9.17, 15) is 4.39 Å². The summed E-state index contributed by atoms with van der Waals surface area (Å²) in [6.07, 6.45) is 3.62. The van der Waals surface area contributed by atoms with Gasteiger partial charge in [0.15, 0.2) is 5.82 Å². The number of anilines is 1. The Bertz CT molecular complexity index is 361. The molecule has 3 heteroatoms. The molecule has 0 amide bonds. The minimum atomic E-state index is -0.246. The van der Waals surface area contributed by atoms with Crippen molar-refractivity contribution in [3.63, 3.8) is 0 Å². The largest absolute Gasteiger partial charge is 0.396 e. The van der Waals surface area contributed by atoms with Crippen LogP contribution in [0.25, 0.3) is 0 Å². The lowest BCUT2D eigenvalue weighted by atomic mass is 10.1. The molecule has 1 aromatic carbocycles. The van der Waals surface area contributed by atoms with Crippen molar-refractivity contribution in [2.24, 2.45) is 0 Å². The van der Waals surface area contributed by atoms with Crippen LogP contribution in [0.1, 0.15) is 31.7 Å². The molecule has 2 N–H and O–H groups in total. The summed E-state index contributed by atoms with van der Waals surface area (Å²) in [6, 6.07) is 5.93. The summed E-state index contributed by atoms with van der Waals surface area (Å²) in [5, 5.41) is 0. The molecule has 1 aliphatic rings. The summed E-state index contributed by atoms with van der Waals surface area (Å²) in [7, 11) is 0. The molecular weight excluding hydrogens is 203 g/mol. The van der Waals surface area contributed by atoms with Gasteiger partial charge in [-0.15, -0.1) is 0 Å². The SMILES string of the molecule is CCCN(Cc1cccc(N)c1F)C1CC1. The molecule has 1 aliphatic carbocycles. The van der Waals surface area contributed by atoms with Crippen molar-refractivity contribution in [1.82, 2.24) is 4.90 Å². The van der Waals surface area contributed by atoms with Gasteiger partial charge in [-0.3, -0.25) is 4.90 Å². The first-order valence-corrected chi connectivity index (χ1v) is 5.99. The highest BCUT2D eigenvalue weighted by Gasteiger charge is 2.28. The second-order valence-electron chi connectivity index (χ2n) is 4.52.